The number of aromatic nitrogens is 1. The van der Waals surface area contributed by atoms with Gasteiger partial charge in [-0.2, -0.15) is 0 Å². The number of nitrogens with two attached hydrogens (primary N) is 1. The highest BCUT2D eigenvalue weighted by Gasteiger charge is 2.43. The highest BCUT2D eigenvalue weighted by atomic mass is 32.2. The van der Waals surface area contributed by atoms with E-state index in [9.17, 15) is 27.6 Å². The number of aryl methyl sites for hydroxylation is 1. The number of sulfonamides is 1. The van der Waals surface area contributed by atoms with Crippen LogP contribution < -0.4 is 15.8 Å². The minimum atomic E-state index is -4.06. The van der Waals surface area contributed by atoms with Crippen LogP contribution in [0.2, 0.25) is 0 Å². The van der Waals surface area contributed by atoms with E-state index in [0.29, 0.717) is 30.7 Å². The Balaban J connectivity index is 1.23. The number of hydrogen-bond donors (Lipinski definition) is 3. The van der Waals surface area contributed by atoms with Crippen LogP contribution in [0.5, 0.6) is 0 Å². The van der Waals surface area contributed by atoms with Crippen LogP contribution in [0.3, 0.4) is 0 Å². The smallest absolute Gasteiger partial charge is 0.410 e. The number of likely N-dealkylation sites (tertiary alicyclic amines) is 2. The van der Waals surface area contributed by atoms with Gasteiger partial charge >= 0.3 is 6.09 Å². The number of nitrogens with one attached hydrogen (secondary N) is 2. The van der Waals surface area contributed by atoms with Crippen molar-refractivity contribution in [3.05, 3.63) is 95.4 Å². The fourth-order valence-electron chi connectivity index (χ4n) is 6.41. The van der Waals surface area contributed by atoms with Crippen molar-refractivity contribution in [1.82, 2.24) is 24.8 Å². The number of rotatable bonds is 12. The minimum Gasteiger partial charge on any atom is -0.444 e. The molecule has 2 saturated heterocycles. The number of piperidine rings is 1. The third-order valence-corrected chi connectivity index (χ3v) is 10.8. The third-order valence-electron chi connectivity index (χ3n) is 9.35. The van der Waals surface area contributed by atoms with Gasteiger partial charge in [0, 0.05) is 32.5 Å². The molecule has 0 radical (unpaired) electrons. The second kappa shape index (κ2) is 16.0. The summed E-state index contributed by atoms with van der Waals surface area (Å²) in [6, 6.07) is 18.0. The molecule has 0 unspecified atom stereocenters. The van der Waals surface area contributed by atoms with Gasteiger partial charge in [-0.05, 0) is 61.6 Å². The van der Waals surface area contributed by atoms with E-state index in [-0.39, 0.29) is 30.2 Å². The van der Waals surface area contributed by atoms with Crippen LogP contribution in [0.4, 0.5) is 4.79 Å². The van der Waals surface area contributed by atoms with Gasteiger partial charge < -0.3 is 30.0 Å². The Morgan fingerprint density at radius 1 is 0.962 bits per heavy atom. The first kappa shape index (κ1) is 36.7. The zero-order valence-electron chi connectivity index (χ0n) is 28.8. The van der Waals surface area contributed by atoms with Gasteiger partial charge in [-0.15, -0.1) is 0 Å². The SMILES string of the molecule is Cc1ccc(S(=O)(=O)NCC(=O)N2C[C@H](OC(=O)N3CCCCC3)C[C@H]2C(=O)N[C@@H](Cc2ccc(CN)cc2)C(=O)c2nc3ccccc3o2)cc1. The lowest BCUT2D eigenvalue weighted by Gasteiger charge is -2.27. The molecule has 0 aliphatic carbocycles. The summed E-state index contributed by atoms with van der Waals surface area (Å²) in [5.41, 5.74) is 9.12. The number of benzene rings is 3. The molecule has 3 heterocycles. The van der Waals surface area contributed by atoms with Crippen LogP contribution in [-0.2, 0) is 37.3 Å². The molecule has 0 bridgehead atoms. The first-order chi connectivity index (χ1) is 25.0. The van der Waals surface area contributed by atoms with E-state index >= 15 is 0 Å². The van der Waals surface area contributed by atoms with Crippen LogP contribution in [0, 0.1) is 6.92 Å². The fourth-order valence-corrected chi connectivity index (χ4v) is 7.39. The van der Waals surface area contributed by atoms with E-state index < -0.39 is 58.4 Å². The summed E-state index contributed by atoms with van der Waals surface area (Å²) in [6.45, 7) is 2.45. The molecule has 14 nitrogen and oxygen atoms in total. The van der Waals surface area contributed by atoms with Gasteiger partial charge in [-0.3, -0.25) is 14.4 Å². The molecule has 0 spiro atoms. The number of hydrogen-bond acceptors (Lipinski definition) is 10. The van der Waals surface area contributed by atoms with E-state index in [1.165, 1.54) is 17.0 Å². The summed E-state index contributed by atoms with van der Waals surface area (Å²) in [7, 11) is -4.06. The van der Waals surface area contributed by atoms with E-state index in [4.69, 9.17) is 14.9 Å². The Bertz CT molecular complexity index is 1990. The molecule has 0 saturated carbocycles. The van der Waals surface area contributed by atoms with E-state index in [1.807, 2.05) is 31.2 Å². The number of fused-ring (bicyclic) bond motifs is 1. The second-order valence-electron chi connectivity index (χ2n) is 13.1. The Labute approximate surface area is 301 Å². The van der Waals surface area contributed by atoms with Crippen molar-refractivity contribution in [2.75, 3.05) is 26.2 Å². The standard InChI is InChI=1S/C37H42N6O8S/c1-24-9-15-28(16-10-24)52(48,49)39-22-33(44)43-23-27(50-37(47)42-17-5-2-6-18-42)20-31(43)35(46)40-30(19-25-11-13-26(21-38)14-12-25)34(45)36-41-29-7-3-4-8-32(29)51-36/h3-4,7-16,27,30-31,39H,2,5-6,17-23,38H2,1H3,(H,40,46)/t27-,30+,31+/m1/s1. The molecule has 2 fully saturated rings. The van der Waals surface area contributed by atoms with Crippen molar-refractivity contribution < 1.29 is 36.7 Å². The maximum atomic E-state index is 14.1. The molecule has 3 amide bonds. The summed E-state index contributed by atoms with van der Waals surface area (Å²) in [5, 5.41) is 2.81. The monoisotopic (exact) mass is 730 g/mol. The average Bonchev–Trinajstić information content (AvgIpc) is 3.79. The Hall–Kier alpha value is -5.12. The van der Waals surface area contributed by atoms with Gasteiger partial charge in [0.05, 0.1) is 18.0 Å². The highest BCUT2D eigenvalue weighted by Crippen LogP contribution is 2.24. The first-order valence-electron chi connectivity index (χ1n) is 17.3. The summed E-state index contributed by atoms with van der Waals surface area (Å²) >= 11 is 0. The fraction of sp³-hybridized carbons (Fsp3) is 0.378. The number of carbonyl (C=O) groups is 4. The predicted octanol–water partition coefficient (Wildman–Crippen LogP) is 3.08. The number of Topliss-reactive ketones (excluding diaryl/α,β-unsaturated/α-hetero) is 1. The largest absolute Gasteiger partial charge is 0.444 e. The lowest BCUT2D eigenvalue weighted by atomic mass is 10.00. The van der Waals surface area contributed by atoms with Gasteiger partial charge in [0.15, 0.2) is 5.58 Å². The van der Waals surface area contributed by atoms with Crippen molar-refractivity contribution in [3.63, 3.8) is 0 Å². The van der Waals surface area contributed by atoms with E-state index in [1.54, 1.807) is 41.3 Å². The number of carbonyl (C=O) groups excluding carboxylic acids is 4. The minimum absolute atomic E-state index is 0.0185. The molecule has 52 heavy (non-hydrogen) atoms. The van der Waals surface area contributed by atoms with Gasteiger partial charge in [0.1, 0.15) is 23.7 Å². The lowest BCUT2D eigenvalue weighted by molar-refractivity contribution is -0.137. The van der Waals surface area contributed by atoms with Crippen LogP contribution in [0.1, 0.15) is 53.1 Å². The second-order valence-corrected chi connectivity index (χ2v) is 14.9. The van der Waals surface area contributed by atoms with Crippen molar-refractivity contribution >= 4 is 44.8 Å². The molecule has 3 atom stereocenters. The molecule has 15 heteroatoms. The van der Waals surface area contributed by atoms with Gasteiger partial charge in [0.2, 0.25) is 27.6 Å². The van der Waals surface area contributed by atoms with Crippen molar-refractivity contribution in [2.24, 2.45) is 5.73 Å². The van der Waals surface area contributed by atoms with Crippen molar-refractivity contribution in [3.8, 4) is 0 Å². The van der Waals surface area contributed by atoms with Gasteiger partial charge in [-0.1, -0.05) is 54.1 Å². The van der Waals surface area contributed by atoms with Crippen molar-refractivity contribution in [2.45, 2.75) is 68.7 Å². The summed E-state index contributed by atoms with van der Waals surface area (Å²) in [6.07, 6.45) is 1.33. The van der Waals surface area contributed by atoms with Gasteiger partial charge in [-0.25, -0.2) is 22.9 Å². The first-order valence-corrected chi connectivity index (χ1v) is 18.8. The molecule has 6 rings (SSSR count). The van der Waals surface area contributed by atoms with Crippen LogP contribution in [0.15, 0.2) is 82.1 Å². The molecular formula is C37H42N6O8S. The third kappa shape index (κ3) is 8.66. The molecule has 274 valence electrons. The molecule has 3 aromatic carbocycles. The maximum absolute atomic E-state index is 14.1. The number of para-hydroxylation sites is 2. The van der Waals surface area contributed by atoms with Crippen LogP contribution in [-0.4, -0.2) is 91.3 Å². The number of oxazole rings is 1. The maximum Gasteiger partial charge on any atom is 0.410 e. The highest BCUT2D eigenvalue weighted by molar-refractivity contribution is 7.89. The molecular weight excluding hydrogens is 689 g/mol. The number of ether oxygens (including phenoxy) is 1. The summed E-state index contributed by atoms with van der Waals surface area (Å²) < 4.78 is 39.9. The van der Waals surface area contributed by atoms with Gasteiger partial charge in [0.25, 0.3) is 5.89 Å². The Kier molecular flexibility index (Phi) is 11.3. The Morgan fingerprint density at radius 3 is 2.35 bits per heavy atom. The predicted molar refractivity (Wildman–Crippen MR) is 190 cm³/mol. The van der Waals surface area contributed by atoms with E-state index in [2.05, 4.69) is 15.0 Å². The number of amides is 3. The number of nitrogens with zero attached hydrogens (tertiary/aromatic N) is 3. The molecule has 1 aromatic heterocycles. The lowest BCUT2D eigenvalue weighted by Crippen LogP contribution is -2.53. The zero-order valence-corrected chi connectivity index (χ0v) is 29.6. The normalized spacial score (nSPS) is 18.3. The Morgan fingerprint density at radius 2 is 1.65 bits per heavy atom. The zero-order chi connectivity index (χ0) is 36.8. The quantitative estimate of drug-likeness (QED) is 0.182. The summed E-state index contributed by atoms with van der Waals surface area (Å²) in [4.78, 5) is 61.9. The molecule has 2 aliphatic rings. The van der Waals surface area contributed by atoms with E-state index in [0.717, 1.165) is 36.0 Å². The van der Waals surface area contributed by atoms with Crippen LogP contribution in [0.25, 0.3) is 11.1 Å². The van der Waals surface area contributed by atoms with Crippen molar-refractivity contribution in [1.29, 1.82) is 0 Å². The molecule has 4 aromatic rings. The molecule has 4 N–H and O–H groups in total. The average molecular weight is 731 g/mol. The summed E-state index contributed by atoms with van der Waals surface area (Å²) in [5.74, 6) is -2.16. The topological polar surface area (TPSA) is 194 Å². The number of ketones is 1. The molecule has 2 aliphatic heterocycles. The van der Waals surface area contributed by atoms with Crippen LogP contribution >= 0.6 is 0 Å².